The monoisotopic (exact) mass is 1070 g/mol. The highest BCUT2D eigenvalue weighted by molar-refractivity contribution is 5.92. The molecule has 20 nitrogen and oxygen atoms in total. The zero-order valence-corrected chi connectivity index (χ0v) is 45.4. The predicted molar refractivity (Wildman–Crippen MR) is 296 cm³/mol. The molecule has 2 aliphatic carbocycles. The molecule has 0 spiro atoms. The summed E-state index contributed by atoms with van der Waals surface area (Å²) in [7, 11) is 3.35. The third-order valence-electron chi connectivity index (χ3n) is 15.2. The minimum Gasteiger partial charge on any atom is -0.444 e. The Morgan fingerprint density at radius 3 is 1.44 bits per heavy atom. The predicted octanol–water partition coefficient (Wildman–Crippen LogP) is 7.82. The number of likely N-dealkylation sites (N-methyl/N-ethyl adjacent to an activating group) is 2. The Balaban J connectivity index is 0.000000281. The number of benzene rings is 2. The molecule has 0 bridgehead atoms. The number of likely N-dealkylation sites (tertiary alicyclic amines) is 2. The molecule has 5 amide bonds. The number of hydrogen-bond donors (Lipinski definition) is 3. The van der Waals surface area contributed by atoms with Crippen LogP contribution in [0.3, 0.4) is 0 Å². The van der Waals surface area contributed by atoms with Crippen molar-refractivity contribution in [2.24, 2.45) is 11.8 Å². The molecule has 0 radical (unpaired) electrons. The lowest BCUT2D eigenvalue weighted by Gasteiger charge is -2.36. The van der Waals surface area contributed by atoms with Gasteiger partial charge in [0.25, 0.3) is 0 Å². The molecular formula is C57H90N14O6. The van der Waals surface area contributed by atoms with Crippen molar-refractivity contribution in [1.29, 1.82) is 0 Å². The maximum absolute atomic E-state index is 14.2. The van der Waals surface area contributed by atoms with Gasteiger partial charge < -0.3 is 30.5 Å². The van der Waals surface area contributed by atoms with Crippen LogP contribution in [0.25, 0.3) is 0 Å². The van der Waals surface area contributed by atoms with Gasteiger partial charge in [-0.1, -0.05) is 128 Å². The third kappa shape index (κ3) is 16.6. The minimum atomic E-state index is -0.752. The molecule has 8 rings (SSSR count). The van der Waals surface area contributed by atoms with E-state index >= 15 is 0 Å². The lowest BCUT2D eigenvalue weighted by atomic mass is 9.83. The van der Waals surface area contributed by atoms with Gasteiger partial charge in [0.1, 0.15) is 23.7 Å². The van der Waals surface area contributed by atoms with E-state index in [9.17, 15) is 24.0 Å². The Hall–Kier alpha value is -6.31. The zero-order chi connectivity index (χ0) is 53.5. The van der Waals surface area contributed by atoms with Gasteiger partial charge in [0, 0.05) is 20.1 Å². The first kappa shape index (κ1) is 61.5. The maximum atomic E-state index is 14.2. The van der Waals surface area contributed by atoms with E-state index in [-0.39, 0.29) is 68.4 Å². The molecule has 2 aromatic heterocycles. The molecule has 424 valence electrons. The van der Waals surface area contributed by atoms with Crippen molar-refractivity contribution in [3.8, 4) is 0 Å². The van der Waals surface area contributed by atoms with Crippen LogP contribution in [0.5, 0.6) is 0 Å². The van der Waals surface area contributed by atoms with Crippen LogP contribution in [-0.2, 0) is 37.0 Å². The van der Waals surface area contributed by atoms with E-state index in [2.05, 4.69) is 46.8 Å². The summed E-state index contributed by atoms with van der Waals surface area (Å²) in [5, 5.41) is 35.6. The van der Waals surface area contributed by atoms with E-state index in [1.165, 1.54) is 11.3 Å². The van der Waals surface area contributed by atoms with Crippen molar-refractivity contribution in [2.45, 2.75) is 207 Å². The summed E-state index contributed by atoms with van der Waals surface area (Å²) in [4.78, 5) is 75.5. The SMILES string of the molecule is C.C.CC[C@@H](C(=O)NC(C(=O)N1CCC[C@H]1c1nnn(Cc2ccccc2)n1)C1CCCCC1)N(C)C(=O)OC(C)(C)C.CC[C@H](NC)C(=O)NC(C(=O)N1CCC[C@H]1c1nnn(Cc2ccccc2)n1)C1CCCCC1. The van der Waals surface area contributed by atoms with Crippen LogP contribution in [0.2, 0.25) is 0 Å². The lowest BCUT2D eigenvalue weighted by Crippen LogP contribution is -2.57. The molecular weight excluding hydrogens is 977 g/mol. The van der Waals surface area contributed by atoms with Crippen molar-refractivity contribution < 1.29 is 28.7 Å². The highest BCUT2D eigenvalue weighted by Gasteiger charge is 2.43. The first-order chi connectivity index (χ1) is 36.2. The summed E-state index contributed by atoms with van der Waals surface area (Å²) in [6.45, 7) is 11.5. The molecule has 2 saturated carbocycles. The van der Waals surface area contributed by atoms with Gasteiger partial charge >= 0.3 is 6.09 Å². The van der Waals surface area contributed by atoms with Crippen LogP contribution in [0.15, 0.2) is 60.7 Å². The second-order valence-electron chi connectivity index (χ2n) is 21.7. The van der Waals surface area contributed by atoms with E-state index in [4.69, 9.17) is 4.74 Å². The fraction of sp³-hybridized carbons (Fsp3) is 0.667. The molecule has 2 aromatic carbocycles. The van der Waals surface area contributed by atoms with Crippen molar-refractivity contribution in [3.05, 3.63) is 83.4 Å². The fourth-order valence-electron chi connectivity index (χ4n) is 11.2. The van der Waals surface area contributed by atoms with Crippen LogP contribution in [0.4, 0.5) is 4.79 Å². The van der Waals surface area contributed by atoms with Gasteiger partial charge in [-0.05, 0) is 125 Å². The van der Waals surface area contributed by atoms with Crippen LogP contribution in [0.1, 0.15) is 187 Å². The molecule has 20 heteroatoms. The van der Waals surface area contributed by atoms with Gasteiger partial charge in [-0.3, -0.25) is 24.1 Å². The number of nitrogens with zero attached hydrogens (tertiary/aromatic N) is 11. The Morgan fingerprint density at radius 2 is 1.05 bits per heavy atom. The van der Waals surface area contributed by atoms with Gasteiger partial charge in [0.15, 0.2) is 11.6 Å². The highest BCUT2D eigenvalue weighted by Crippen LogP contribution is 2.36. The molecule has 6 atom stereocenters. The van der Waals surface area contributed by atoms with Crippen LogP contribution < -0.4 is 16.0 Å². The summed E-state index contributed by atoms with van der Waals surface area (Å²) >= 11 is 0. The molecule has 2 saturated heterocycles. The molecule has 4 fully saturated rings. The molecule has 4 aromatic rings. The number of tetrazole rings is 2. The van der Waals surface area contributed by atoms with E-state index in [1.807, 2.05) is 84.3 Å². The first-order valence-corrected chi connectivity index (χ1v) is 27.7. The minimum absolute atomic E-state index is 0. The number of rotatable bonds is 18. The summed E-state index contributed by atoms with van der Waals surface area (Å²) in [5.74, 6) is 0.753. The summed E-state index contributed by atoms with van der Waals surface area (Å²) < 4.78 is 5.50. The van der Waals surface area contributed by atoms with Crippen molar-refractivity contribution in [1.82, 2.24) is 71.1 Å². The molecule has 2 aliphatic heterocycles. The van der Waals surface area contributed by atoms with Crippen LogP contribution >= 0.6 is 0 Å². The standard InChI is InChI=1S/C30H45N7O4.C25H37N7O2.2CH4/c1-6-23(35(5)29(40)41-30(2,3)4)27(38)31-25(22-16-11-8-12-17-22)28(39)36-19-13-18-24(36)26-32-34-37(33-26)20-21-14-9-7-10-15-21;1-3-20(26-2)24(33)27-22(19-13-8-5-9-14-19)25(34)31-16-10-15-21(31)23-28-30-32(29-23)17-18-11-6-4-7-12-18;;/h7,9-10,14-15,22-25H,6,8,11-13,16-20H2,1-5H3,(H,31,38);4,6-7,11-12,19-22,26H,3,5,8-10,13-17H2,1-2H3,(H,27,33);2*1H4/t23-,24-,25?;20-,21-,22?;;/m00../s1. The van der Waals surface area contributed by atoms with E-state index < -0.39 is 29.8 Å². The average Bonchev–Trinajstić information content (AvgIpc) is 4.28. The first-order valence-electron chi connectivity index (χ1n) is 27.7. The van der Waals surface area contributed by atoms with Crippen LogP contribution in [-0.4, -0.2) is 142 Å². The summed E-state index contributed by atoms with van der Waals surface area (Å²) in [6, 6.07) is 17.2. The van der Waals surface area contributed by atoms with E-state index in [0.29, 0.717) is 50.7 Å². The quantitative estimate of drug-likeness (QED) is 0.0865. The summed E-state index contributed by atoms with van der Waals surface area (Å²) in [5.41, 5.74) is 1.49. The third-order valence-corrected chi connectivity index (χ3v) is 15.2. The molecule has 2 unspecified atom stereocenters. The Kier molecular flexibility index (Phi) is 23.5. The van der Waals surface area contributed by atoms with Gasteiger partial charge in [0.2, 0.25) is 23.6 Å². The normalized spacial score (nSPS) is 19.5. The van der Waals surface area contributed by atoms with Crippen molar-refractivity contribution in [2.75, 3.05) is 27.2 Å². The average molecular weight is 1070 g/mol. The largest absolute Gasteiger partial charge is 0.444 e. The van der Waals surface area contributed by atoms with Gasteiger partial charge in [-0.15, -0.1) is 20.4 Å². The lowest BCUT2D eigenvalue weighted by molar-refractivity contribution is -0.140. The second kappa shape index (κ2) is 29.4. The van der Waals surface area contributed by atoms with Gasteiger partial charge in [-0.2, -0.15) is 9.59 Å². The van der Waals surface area contributed by atoms with Gasteiger partial charge in [-0.25, -0.2) is 4.79 Å². The molecule has 4 aliphatic rings. The van der Waals surface area contributed by atoms with Crippen molar-refractivity contribution >= 4 is 29.7 Å². The molecule has 3 N–H and O–H groups in total. The number of carbonyl (C=O) groups excluding carboxylic acids is 5. The van der Waals surface area contributed by atoms with E-state index in [1.54, 1.807) is 44.5 Å². The second-order valence-corrected chi connectivity index (χ2v) is 21.7. The topological polar surface area (TPSA) is 228 Å². The Labute approximate surface area is 457 Å². The number of ether oxygens (including phenoxy) is 1. The number of carbonyl (C=O) groups is 5. The fourth-order valence-corrected chi connectivity index (χ4v) is 11.2. The molecule has 77 heavy (non-hydrogen) atoms. The number of nitrogens with one attached hydrogen (secondary N) is 3. The number of hydrogen-bond acceptors (Lipinski definition) is 13. The van der Waals surface area contributed by atoms with E-state index in [0.717, 1.165) is 94.6 Å². The summed E-state index contributed by atoms with van der Waals surface area (Å²) in [6.07, 6.45) is 14.0. The Bertz CT molecular complexity index is 2450. The van der Waals surface area contributed by atoms with Crippen LogP contribution in [0, 0.1) is 11.8 Å². The number of amides is 5. The maximum Gasteiger partial charge on any atom is 0.410 e. The molecule has 4 heterocycles. The van der Waals surface area contributed by atoms with Crippen molar-refractivity contribution in [3.63, 3.8) is 0 Å². The number of aromatic nitrogens is 8. The van der Waals surface area contributed by atoms with Gasteiger partial charge in [0.05, 0.1) is 31.2 Å². The zero-order valence-electron chi connectivity index (χ0n) is 45.4. The smallest absolute Gasteiger partial charge is 0.410 e. The highest BCUT2D eigenvalue weighted by atomic mass is 16.6. The Morgan fingerprint density at radius 1 is 0.623 bits per heavy atom.